The number of halogens is 1. The van der Waals surface area contributed by atoms with Gasteiger partial charge in [-0.3, -0.25) is 13.9 Å². The second-order valence-electron chi connectivity index (χ2n) is 12.6. The molecule has 50 heavy (non-hydrogen) atoms. The first-order valence-corrected chi connectivity index (χ1v) is 18.6. The number of amides is 2. The minimum atomic E-state index is -4.28. The van der Waals surface area contributed by atoms with E-state index in [1.54, 1.807) is 48.5 Å². The van der Waals surface area contributed by atoms with Crippen LogP contribution in [0, 0.1) is 6.92 Å². The molecule has 4 aromatic rings. The molecule has 1 aliphatic carbocycles. The van der Waals surface area contributed by atoms with Crippen molar-refractivity contribution in [3.05, 3.63) is 119 Å². The molecule has 1 aliphatic rings. The molecular formula is C39H44ClN3O6S. The van der Waals surface area contributed by atoms with Gasteiger partial charge in [-0.15, -0.1) is 0 Å². The Balaban J connectivity index is 1.59. The number of methoxy groups -OCH3 is 2. The van der Waals surface area contributed by atoms with Gasteiger partial charge < -0.3 is 19.7 Å². The van der Waals surface area contributed by atoms with Crippen molar-refractivity contribution in [1.29, 1.82) is 0 Å². The van der Waals surface area contributed by atoms with Crippen LogP contribution >= 0.6 is 11.6 Å². The number of benzene rings is 4. The van der Waals surface area contributed by atoms with Gasteiger partial charge in [-0.1, -0.05) is 91.0 Å². The molecule has 0 spiro atoms. The molecule has 4 aromatic carbocycles. The van der Waals surface area contributed by atoms with Crippen LogP contribution in [0.3, 0.4) is 0 Å². The highest BCUT2D eigenvalue weighted by atomic mass is 35.5. The third-order valence-corrected chi connectivity index (χ3v) is 11.1. The summed E-state index contributed by atoms with van der Waals surface area (Å²) >= 11 is 6.20. The van der Waals surface area contributed by atoms with Crippen molar-refractivity contribution in [3.63, 3.8) is 0 Å². The molecule has 1 saturated carbocycles. The summed E-state index contributed by atoms with van der Waals surface area (Å²) in [6.45, 7) is 1.34. The zero-order valence-corrected chi connectivity index (χ0v) is 30.3. The van der Waals surface area contributed by atoms with Crippen LogP contribution in [-0.2, 0) is 32.6 Å². The minimum absolute atomic E-state index is 0.00665. The molecule has 11 heteroatoms. The van der Waals surface area contributed by atoms with Gasteiger partial charge in [0.2, 0.25) is 11.8 Å². The van der Waals surface area contributed by atoms with E-state index in [0.29, 0.717) is 16.5 Å². The third-order valence-electron chi connectivity index (χ3n) is 9.03. The average Bonchev–Trinajstić information content (AvgIpc) is 3.13. The number of ether oxygens (including phenoxy) is 2. The maximum Gasteiger partial charge on any atom is 0.264 e. The van der Waals surface area contributed by atoms with E-state index in [9.17, 15) is 18.0 Å². The summed E-state index contributed by atoms with van der Waals surface area (Å²) in [5.74, 6) is -0.123. The highest BCUT2D eigenvalue weighted by Gasteiger charge is 2.35. The van der Waals surface area contributed by atoms with E-state index in [0.717, 1.165) is 53.1 Å². The first kappa shape index (κ1) is 36.7. The largest absolute Gasteiger partial charge is 0.493 e. The topological polar surface area (TPSA) is 105 Å². The molecule has 0 aliphatic heterocycles. The molecule has 2 amide bonds. The molecule has 0 radical (unpaired) electrons. The van der Waals surface area contributed by atoms with Crippen molar-refractivity contribution in [3.8, 4) is 11.5 Å². The van der Waals surface area contributed by atoms with E-state index >= 15 is 0 Å². The van der Waals surface area contributed by atoms with Crippen LogP contribution in [-0.4, -0.2) is 58.0 Å². The van der Waals surface area contributed by atoms with Gasteiger partial charge in [-0.2, -0.15) is 0 Å². The molecule has 9 nitrogen and oxygen atoms in total. The van der Waals surface area contributed by atoms with Crippen molar-refractivity contribution in [2.45, 2.75) is 69.0 Å². The zero-order chi connectivity index (χ0) is 35.7. The Morgan fingerprint density at radius 2 is 1.50 bits per heavy atom. The summed E-state index contributed by atoms with van der Waals surface area (Å²) in [5.41, 5.74) is 2.70. The number of hydrogen-bond acceptors (Lipinski definition) is 6. The van der Waals surface area contributed by atoms with E-state index in [1.165, 1.54) is 37.3 Å². The van der Waals surface area contributed by atoms with Gasteiger partial charge in [0.05, 0.1) is 24.8 Å². The van der Waals surface area contributed by atoms with E-state index in [-0.39, 0.29) is 35.5 Å². The van der Waals surface area contributed by atoms with Crippen LogP contribution in [0.15, 0.2) is 102 Å². The molecule has 0 bridgehead atoms. The molecule has 0 heterocycles. The highest BCUT2D eigenvalue weighted by Crippen LogP contribution is 2.34. The van der Waals surface area contributed by atoms with Gasteiger partial charge in [0.25, 0.3) is 10.0 Å². The SMILES string of the molecule is COc1ccc(N(CC(=O)N(Cc2ccc(Cl)cc2)[C@H](Cc2ccccc2)C(=O)NC2CCCCC2)S(=O)(=O)c2ccc(C)cc2)cc1OC. The van der Waals surface area contributed by atoms with Crippen molar-refractivity contribution < 1.29 is 27.5 Å². The number of hydrogen-bond donors (Lipinski definition) is 1. The van der Waals surface area contributed by atoms with Gasteiger partial charge in [-0.05, 0) is 67.3 Å². The van der Waals surface area contributed by atoms with Gasteiger partial charge in [-0.25, -0.2) is 8.42 Å². The third kappa shape index (κ3) is 9.17. The quantitative estimate of drug-likeness (QED) is 0.151. The van der Waals surface area contributed by atoms with Crippen molar-refractivity contribution in [1.82, 2.24) is 10.2 Å². The van der Waals surface area contributed by atoms with Crippen LogP contribution in [0.25, 0.3) is 0 Å². The Bertz CT molecular complexity index is 1850. The monoisotopic (exact) mass is 717 g/mol. The normalized spacial score (nSPS) is 14.0. The second kappa shape index (κ2) is 16.9. The highest BCUT2D eigenvalue weighted by molar-refractivity contribution is 7.92. The Morgan fingerprint density at radius 3 is 2.14 bits per heavy atom. The van der Waals surface area contributed by atoms with Gasteiger partial charge >= 0.3 is 0 Å². The number of rotatable bonds is 14. The fourth-order valence-corrected chi connectivity index (χ4v) is 7.76. The number of aryl methyl sites for hydroxylation is 1. The van der Waals surface area contributed by atoms with Crippen LogP contribution in [0.1, 0.15) is 48.8 Å². The van der Waals surface area contributed by atoms with Gasteiger partial charge in [0.15, 0.2) is 11.5 Å². The maximum absolute atomic E-state index is 14.8. The predicted octanol–water partition coefficient (Wildman–Crippen LogP) is 6.95. The number of nitrogens with one attached hydrogen (secondary N) is 1. The molecule has 1 N–H and O–H groups in total. The van der Waals surface area contributed by atoms with Crippen LogP contribution in [0.5, 0.6) is 11.5 Å². The molecule has 0 unspecified atom stereocenters. The molecular weight excluding hydrogens is 674 g/mol. The molecule has 0 saturated heterocycles. The number of carbonyl (C=O) groups excluding carboxylic acids is 2. The lowest BCUT2D eigenvalue weighted by Crippen LogP contribution is -2.55. The van der Waals surface area contributed by atoms with Crippen LogP contribution in [0.2, 0.25) is 5.02 Å². The lowest BCUT2D eigenvalue weighted by Gasteiger charge is -2.35. The summed E-state index contributed by atoms with van der Waals surface area (Å²) in [5, 5.41) is 3.76. The van der Waals surface area contributed by atoms with Crippen LogP contribution in [0.4, 0.5) is 5.69 Å². The molecule has 264 valence electrons. The number of carbonyl (C=O) groups is 2. The fourth-order valence-electron chi connectivity index (χ4n) is 6.23. The average molecular weight is 718 g/mol. The lowest BCUT2D eigenvalue weighted by atomic mass is 9.94. The first-order valence-electron chi connectivity index (χ1n) is 16.8. The van der Waals surface area contributed by atoms with Crippen molar-refractivity contribution in [2.24, 2.45) is 0 Å². The summed E-state index contributed by atoms with van der Waals surface area (Å²) in [7, 11) is -1.33. The van der Waals surface area contributed by atoms with Crippen LogP contribution < -0.4 is 19.1 Å². The van der Waals surface area contributed by atoms with E-state index in [4.69, 9.17) is 21.1 Å². The van der Waals surface area contributed by atoms with Crippen molar-refractivity contribution >= 4 is 39.1 Å². The Kier molecular flexibility index (Phi) is 12.4. The Morgan fingerprint density at radius 1 is 0.840 bits per heavy atom. The summed E-state index contributed by atoms with van der Waals surface area (Å²) in [6, 6.07) is 26.8. The molecule has 1 fully saturated rings. The zero-order valence-electron chi connectivity index (χ0n) is 28.7. The second-order valence-corrected chi connectivity index (χ2v) is 14.9. The lowest BCUT2D eigenvalue weighted by molar-refractivity contribution is -0.140. The molecule has 1 atom stereocenters. The van der Waals surface area contributed by atoms with Crippen molar-refractivity contribution in [2.75, 3.05) is 25.1 Å². The van der Waals surface area contributed by atoms with Gasteiger partial charge in [0.1, 0.15) is 12.6 Å². The predicted molar refractivity (Wildman–Crippen MR) is 196 cm³/mol. The fraction of sp³-hybridized carbons (Fsp3) is 0.333. The Labute approximate surface area is 300 Å². The number of anilines is 1. The number of sulfonamides is 1. The van der Waals surface area contributed by atoms with E-state index < -0.39 is 28.5 Å². The summed E-state index contributed by atoms with van der Waals surface area (Å²) in [4.78, 5) is 30.6. The van der Waals surface area contributed by atoms with E-state index in [1.807, 2.05) is 37.3 Å². The summed E-state index contributed by atoms with van der Waals surface area (Å²) < 4.78 is 40.8. The van der Waals surface area contributed by atoms with E-state index in [2.05, 4.69) is 5.32 Å². The number of nitrogens with zero attached hydrogens (tertiary/aromatic N) is 2. The first-order chi connectivity index (χ1) is 24.1. The standard InChI is InChI=1S/C39H44ClN3O6S/c1-28-14-21-34(22-15-28)50(46,47)43(33-20-23-36(48-2)37(25-33)49-3)27-38(44)42(26-30-16-18-31(40)19-17-30)35(24-29-10-6-4-7-11-29)39(45)41-32-12-8-5-9-13-32/h4,6-7,10-11,14-23,25,32,35H,5,8-9,12-13,24,26-27H2,1-3H3,(H,41,45)/t35-/m1/s1. The maximum atomic E-state index is 14.8. The minimum Gasteiger partial charge on any atom is -0.493 e. The molecule has 5 rings (SSSR count). The smallest absolute Gasteiger partial charge is 0.264 e. The van der Waals surface area contributed by atoms with Gasteiger partial charge in [0, 0.05) is 30.1 Å². The Hall–Kier alpha value is -4.54. The summed E-state index contributed by atoms with van der Waals surface area (Å²) in [6.07, 6.45) is 5.16. The molecule has 0 aromatic heterocycles.